The lowest BCUT2D eigenvalue weighted by Crippen LogP contribution is -2.30. The van der Waals surface area contributed by atoms with E-state index in [1.807, 2.05) is 0 Å². The first-order valence-corrected chi connectivity index (χ1v) is 44.5. The standard InChI is InChI=1S/C83H152O17P2/c1-5-9-13-17-21-25-29-33-37-38-42-44-48-52-56-60-64-68-81(86)94-74-79(100-83(88)70-66-62-58-54-50-46-41-36-32-28-24-20-16-12-8-4)76-98-102(91,92)96-72-77(84)71-95-101(89,90)97-75-78(99-82(87)69-65-61-57-53-49-45-40-35-31-27-23-19-15-11-7-3)73-93-80(85)67-63-59-55-51-47-43-39-34-30-26-22-18-14-10-6-2/h24,28,33-37,39-41,77-79,84H,5-23,25-27,29-32,38,42-76H2,1-4H3,(H,89,90)(H,91,92)/b28-24-,37-33-,39-34-,40-35-,41-36-/t77?,78-,79-/m1/s1. The molecule has 0 aromatic carbocycles. The summed E-state index contributed by atoms with van der Waals surface area (Å²) in [6.45, 7) is 4.88. The number of allylic oxidation sites excluding steroid dienone is 10. The summed E-state index contributed by atoms with van der Waals surface area (Å²) in [5.41, 5.74) is 0. The molecule has 5 atom stereocenters. The number of rotatable bonds is 79. The van der Waals surface area contributed by atoms with E-state index >= 15 is 0 Å². The number of hydrogen-bond acceptors (Lipinski definition) is 15. The maximum Gasteiger partial charge on any atom is 0.472 e. The maximum absolute atomic E-state index is 13.1. The fourth-order valence-corrected chi connectivity index (χ4v) is 13.1. The monoisotopic (exact) mass is 1480 g/mol. The minimum absolute atomic E-state index is 0.0818. The molecule has 0 aromatic heterocycles. The SMILES string of the molecule is CCCCC/C=C\C/C=C\CCCCCCCC(=O)O[C@H](COC(=O)CCCCCCCCC/C=C\CCCCCCCC)COP(=O)(O)OCC(O)COP(=O)(O)OC[C@@H](COC(=O)CCCCCCC/C=C\CCCCCCCC)OC(=O)CCCCCCC/C=C\CCCCCCCC. The van der Waals surface area contributed by atoms with Gasteiger partial charge in [0.1, 0.15) is 19.3 Å². The van der Waals surface area contributed by atoms with Crippen LogP contribution in [0.1, 0.15) is 387 Å². The van der Waals surface area contributed by atoms with Crippen molar-refractivity contribution < 1.29 is 80.2 Å². The van der Waals surface area contributed by atoms with E-state index in [9.17, 15) is 43.2 Å². The third-order valence-electron chi connectivity index (χ3n) is 17.9. The molecular weight excluding hydrogens is 1330 g/mol. The molecule has 0 aliphatic carbocycles. The highest BCUT2D eigenvalue weighted by Crippen LogP contribution is 2.45. The van der Waals surface area contributed by atoms with Crippen molar-refractivity contribution in [2.45, 2.75) is 406 Å². The van der Waals surface area contributed by atoms with Crippen LogP contribution in [-0.2, 0) is 65.4 Å². The molecule has 3 N–H and O–H groups in total. The number of esters is 4. The van der Waals surface area contributed by atoms with E-state index in [0.29, 0.717) is 25.7 Å². The summed E-state index contributed by atoms with van der Waals surface area (Å²) in [6, 6.07) is 0. The second kappa shape index (κ2) is 76.0. The Morgan fingerprint density at radius 2 is 0.480 bits per heavy atom. The topological polar surface area (TPSA) is 237 Å². The summed E-state index contributed by atoms with van der Waals surface area (Å²) in [5.74, 6) is -2.18. The van der Waals surface area contributed by atoms with Crippen molar-refractivity contribution in [2.75, 3.05) is 39.6 Å². The molecule has 0 rings (SSSR count). The van der Waals surface area contributed by atoms with Crippen LogP contribution < -0.4 is 0 Å². The molecule has 0 amide bonds. The summed E-state index contributed by atoms with van der Waals surface area (Å²) in [7, 11) is -9.95. The Labute approximate surface area is 622 Å². The highest BCUT2D eigenvalue weighted by atomic mass is 31.2. The highest BCUT2D eigenvalue weighted by molar-refractivity contribution is 7.47. The predicted molar refractivity (Wildman–Crippen MR) is 418 cm³/mol. The van der Waals surface area contributed by atoms with E-state index in [0.717, 1.165) is 154 Å². The van der Waals surface area contributed by atoms with Crippen molar-refractivity contribution in [1.82, 2.24) is 0 Å². The Morgan fingerprint density at radius 1 is 0.275 bits per heavy atom. The van der Waals surface area contributed by atoms with E-state index in [1.54, 1.807) is 0 Å². The van der Waals surface area contributed by atoms with E-state index in [-0.39, 0.29) is 25.7 Å². The van der Waals surface area contributed by atoms with Crippen LogP contribution in [0.3, 0.4) is 0 Å². The number of carbonyl (C=O) groups is 4. The lowest BCUT2D eigenvalue weighted by molar-refractivity contribution is -0.161. The molecule has 0 aliphatic heterocycles. The van der Waals surface area contributed by atoms with Gasteiger partial charge in [-0.3, -0.25) is 37.3 Å². The number of aliphatic hydroxyl groups is 1. The van der Waals surface area contributed by atoms with Gasteiger partial charge in [-0.15, -0.1) is 0 Å². The quantitative estimate of drug-likeness (QED) is 0.0169. The van der Waals surface area contributed by atoms with Gasteiger partial charge in [-0.1, -0.05) is 288 Å². The van der Waals surface area contributed by atoms with Crippen LogP contribution in [0.4, 0.5) is 0 Å². The van der Waals surface area contributed by atoms with E-state index in [2.05, 4.69) is 88.5 Å². The molecule has 0 aliphatic rings. The highest BCUT2D eigenvalue weighted by Gasteiger charge is 2.30. The van der Waals surface area contributed by atoms with Gasteiger partial charge < -0.3 is 33.8 Å². The summed E-state index contributed by atoms with van der Waals surface area (Å²) < 4.78 is 68.7. The molecule has 0 heterocycles. The van der Waals surface area contributed by atoms with Crippen LogP contribution in [0, 0.1) is 0 Å². The fraction of sp³-hybridized carbons (Fsp3) is 0.831. The molecule has 0 aromatic rings. The molecule has 0 bridgehead atoms. The number of aliphatic hydroxyl groups excluding tert-OH is 1. The van der Waals surface area contributed by atoms with Gasteiger partial charge in [0.2, 0.25) is 0 Å². The smallest absolute Gasteiger partial charge is 0.462 e. The normalized spacial score (nSPS) is 14.1. The molecule has 3 unspecified atom stereocenters. The molecule has 0 radical (unpaired) electrons. The maximum atomic E-state index is 13.1. The lowest BCUT2D eigenvalue weighted by atomic mass is 10.1. The summed E-state index contributed by atoms with van der Waals surface area (Å²) in [4.78, 5) is 73.1. The summed E-state index contributed by atoms with van der Waals surface area (Å²) >= 11 is 0. The number of unbranched alkanes of at least 4 members (excludes halogenated alkanes) is 43. The first-order chi connectivity index (χ1) is 49.7. The van der Waals surface area contributed by atoms with Gasteiger partial charge in [0, 0.05) is 25.7 Å². The molecule has 0 spiro atoms. The Balaban J connectivity index is 5.35. The van der Waals surface area contributed by atoms with Gasteiger partial charge in [-0.2, -0.15) is 0 Å². The van der Waals surface area contributed by atoms with Crippen LogP contribution in [-0.4, -0.2) is 96.7 Å². The molecule has 596 valence electrons. The Bertz CT molecular complexity index is 2170. The molecule has 0 saturated carbocycles. The number of phosphoric acid groups is 2. The number of phosphoric ester groups is 2. The van der Waals surface area contributed by atoms with E-state index < -0.39 is 97.5 Å². The second-order valence-corrected chi connectivity index (χ2v) is 31.0. The van der Waals surface area contributed by atoms with Gasteiger partial charge in [0.15, 0.2) is 12.2 Å². The van der Waals surface area contributed by atoms with Gasteiger partial charge in [-0.25, -0.2) is 9.13 Å². The third kappa shape index (κ3) is 75.0. The van der Waals surface area contributed by atoms with Crippen LogP contribution in [0.25, 0.3) is 0 Å². The zero-order valence-electron chi connectivity index (χ0n) is 65.3. The number of hydrogen-bond donors (Lipinski definition) is 3. The molecule has 17 nitrogen and oxygen atoms in total. The summed E-state index contributed by atoms with van der Waals surface area (Å²) in [6.07, 6.45) is 76.1. The fourth-order valence-electron chi connectivity index (χ4n) is 11.5. The van der Waals surface area contributed by atoms with Crippen molar-refractivity contribution in [3.63, 3.8) is 0 Å². The zero-order chi connectivity index (χ0) is 74.6. The van der Waals surface area contributed by atoms with Crippen LogP contribution in [0.15, 0.2) is 60.8 Å². The Kier molecular flexibility index (Phi) is 73.6. The largest absolute Gasteiger partial charge is 0.472 e. The minimum Gasteiger partial charge on any atom is -0.462 e. The molecule has 0 saturated heterocycles. The zero-order valence-corrected chi connectivity index (χ0v) is 67.1. The molecule has 0 fully saturated rings. The first kappa shape index (κ1) is 98.8. The average molecular weight is 1480 g/mol. The summed E-state index contributed by atoms with van der Waals surface area (Å²) in [5, 5.41) is 10.6. The van der Waals surface area contributed by atoms with Crippen LogP contribution >= 0.6 is 15.6 Å². The van der Waals surface area contributed by atoms with Gasteiger partial charge in [0.25, 0.3) is 0 Å². The van der Waals surface area contributed by atoms with Gasteiger partial charge in [-0.05, 0) is 135 Å². The lowest BCUT2D eigenvalue weighted by Gasteiger charge is -2.21. The number of ether oxygens (including phenoxy) is 4. The van der Waals surface area contributed by atoms with E-state index in [4.69, 9.17) is 37.0 Å². The van der Waals surface area contributed by atoms with Crippen LogP contribution in [0.5, 0.6) is 0 Å². The Morgan fingerprint density at radius 3 is 0.755 bits per heavy atom. The van der Waals surface area contributed by atoms with Crippen LogP contribution in [0.2, 0.25) is 0 Å². The van der Waals surface area contributed by atoms with Gasteiger partial charge in [0.05, 0.1) is 26.4 Å². The van der Waals surface area contributed by atoms with Crippen molar-refractivity contribution in [2.24, 2.45) is 0 Å². The minimum atomic E-state index is -4.98. The van der Waals surface area contributed by atoms with Crippen molar-refractivity contribution in [3.05, 3.63) is 60.8 Å². The first-order valence-electron chi connectivity index (χ1n) is 41.5. The van der Waals surface area contributed by atoms with Crippen molar-refractivity contribution in [1.29, 1.82) is 0 Å². The van der Waals surface area contributed by atoms with E-state index in [1.165, 1.54) is 154 Å². The van der Waals surface area contributed by atoms with Crippen molar-refractivity contribution >= 4 is 39.5 Å². The third-order valence-corrected chi connectivity index (χ3v) is 19.8. The second-order valence-electron chi connectivity index (χ2n) is 28.1. The molecule has 19 heteroatoms. The Hall–Kier alpha value is -3.24. The molecular formula is C83H152O17P2. The van der Waals surface area contributed by atoms with Crippen molar-refractivity contribution in [3.8, 4) is 0 Å². The molecule has 102 heavy (non-hydrogen) atoms. The number of carbonyl (C=O) groups excluding carboxylic acids is 4. The predicted octanol–water partition coefficient (Wildman–Crippen LogP) is 24.2. The van der Waals surface area contributed by atoms with Gasteiger partial charge >= 0.3 is 39.5 Å². The average Bonchev–Trinajstić information content (AvgIpc) is 0.919.